The molecule has 0 saturated heterocycles. The first-order chi connectivity index (χ1) is 8.95. The van der Waals surface area contributed by atoms with Crippen LogP contribution in [0.5, 0.6) is 0 Å². The van der Waals surface area contributed by atoms with Gasteiger partial charge in [0.05, 0.1) is 6.42 Å². The minimum atomic E-state index is -0.587. The second-order valence-corrected chi connectivity index (χ2v) is 3.92. The predicted octanol–water partition coefficient (Wildman–Crippen LogP) is -0.673. The predicted molar refractivity (Wildman–Crippen MR) is 68.3 cm³/mol. The van der Waals surface area contributed by atoms with E-state index in [1.807, 2.05) is 19.0 Å². The molecule has 0 aliphatic heterocycles. The van der Waals surface area contributed by atoms with E-state index in [1.165, 1.54) is 0 Å². The molecule has 0 aliphatic carbocycles. The summed E-state index contributed by atoms with van der Waals surface area (Å²) in [4.78, 5) is 35.0. The lowest BCUT2D eigenvalue weighted by Crippen LogP contribution is -2.32. The molecule has 0 saturated carbocycles. The molecule has 19 heavy (non-hydrogen) atoms. The molecule has 0 rings (SSSR count). The van der Waals surface area contributed by atoms with Crippen LogP contribution in [0.1, 0.15) is 6.42 Å². The number of carbonyl (C=O) groups excluding carboxylic acids is 3. The van der Waals surface area contributed by atoms with Crippen molar-refractivity contribution in [1.82, 2.24) is 10.2 Å². The number of ether oxygens (including phenoxy) is 2. The molecule has 0 aromatic rings. The maximum absolute atomic E-state index is 11.3. The summed E-state index contributed by atoms with van der Waals surface area (Å²) in [6.45, 7) is 3.88. The van der Waals surface area contributed by atoms with E-state index in [-0.39, 0.29) is 32.1 Å². The summed E-state index contributed by atoms with van der Waals surface area (Å²) in [6, 6.07) is 0. The molecule has 1 amide bonds. The molecule has 0 aromatic heterocycles. The van der Waals surface area contributed by atoms with Gasteiger partial charge in [0.15, 0.2) is 0 Å². The quantitative estimate of drug-likeness (QED) is 0.442. The minimum Gasteiger partial charge on any atom is -0.463 e. The van der Waals surface area contributed by atoms with Gasteiger partial charge >= 0.3 is 11.9 Å². The zero-order chi connectivity index (χ0) is 14.7. The van der Waals surface area contributed by atoms with Crippen LogP contribution in [0.15, 0.2) is 12.7 Å². The number of rotatable bonds is 9. The lowest BCUT2D eigenvalue weighted by Gasteiger charge is -2.10. The number of carbonyl (C=O) groups is 3. The van der Waals surface area contributed by atoms with Gasteiger partial charge in [-0.2, -0.15) is 0 Å². The first-order valence-corrected chi connectivity index (χ1v) is 5.82. The van der Waals surface area contributed by atoms with Gasteiger partial charge in [-0.3, -0.25) is 9.59 Å². The minimum absolute atomic E-state index is 0.00937. The smallest absolute Gasteiger partial charge is 0.330 e. The SMILES string of the molecule is C=CC(=O)OCCC(=O)NCC(=O)OCCN(C)C. The lowest BCUT2D eigenvalue weighted by atomic mass is 10.4. The molecule has 0 unspecified atom stereocenters. The van der Waals surface area contributed by atoms with Gasteiger partial charge in [0.1, 0.15) is 19.8 Å². The van der Waals surface area contributed by atoms with Crippen molar-refractivity contribution < 1.29 is 23.9 Å². The van der Waals surface area contributed by atoms with Gasteiger partial charge < -0.3 is 19.7 Å². The van der Waals surface area contributed by atoms with Crippen LogP contribution in [-0.2, 0) is 23.9 Å². The Morgan fingerprint density at radius 1 is 1.21 bits per heavy atom. The summed E-state index contributed by atoms with van der Waals surface area (Å²) < 4.78 is 9.49. The van der Waals surface area contributed by atoms with E-state index in [0.717, 1.165) is 6.08 Å². The Morgan fingerprint density at radius 2 is 1.89 bits per heavy atom. The van der Waals surface area contributed by atoms with E-state index >= 15 is 0 Å². The van der Waals surface area contributed by atoms with E-state index in [1.54, 1.807) is 0 Å². The van der Waals surface area contributed by atoms with Gasteiger partial charge in [0, 0.05) is 12.6 Å². The Kier molecular flexibility index (Phi) is 9.07. The molecule has 7 heteroatoms. The van der Waals surface area contributed by atoms with Crippen molar-refractivity contribution in [3.63, 3.8) is 0 Å². The monoisotopic (exact) mass is 272 g/mol. The Labute approximate surface area is 112 Å². The Bertz CT molecular complexity index is 328. The summed E-state index contributed by atoms with van der Waals surface area (Å²) in [5.41, 5.74) is 0. The average Bonchev–Trinajstić information content (AvgIpc) is 2.35. The van der Waals surface area contributed by atoms with Crippen LogP contribution in [0.2, 0.25) is 0 Å². The van der Waals surface area contributed by atoms with Crippen molar-refractivity contribution in [2.24, 2.45) is 0 Å². The largest absolute Gasteiger partial charge is 0.463 e. The first kappa shape index (κ1) is 17.1. The van der Waals surface area contributed by atoms with Gasteiger partial charge in [0.2, 0.25) is 5.91 Å². The van der Waals surface area contributed by atoms with E-state index < -0.39 is 11.9 Å². The van der Waals surface area contributed by atoms with Gasteiger partial charge in [-0.05, 0) is 14.1 Å². The molecular weight excluding hydrogens is 252 g/mol. The first-order valence-electron chi connectivity index (χ1n) is 5.82. The second-order valence-electron chi connectivity index (χ2n) is 3.92. The van der Waals surface area contributed by atoms with Gasteiger partial charge in [-0.15, -0.1) is 0 Å². The van der Waals surface area contributed by atoms with Crippen molar-refractivity contribution in [2.45, 2.75) is 6.42 Å². The van der Waals surface area contributed by atoms with Crippen molar-refractivity contribution >= 4 is 17.8 Å². The highest BCUT2D eigenvalue weighted by Crippen LogP contribution is 1.86. The number of nitrogens with one attached hydrogen (secondary N) is 1. The average molecular weight is 272 g/mol. The van der Waals surface area contributed by atoms with Gasteiger partial charge in [-0.25, -0.2) is 4.79 Å². The van der Waals surface area contributed by atoms with Gasteiger partial charge in [0.25, 0.3) is 0 Å². The second kappa shape index (κ2) is 10.1. The van der Waals surface area contributed by atoms with Crippen molar-refractivity contribution in [3.05, 3.63) is 12.7 Å². The van der Waals surface area contributed by atoms with Crippen molar-refractivity contribution in [2.75, 3.05) is 40.4 Å². The third kappa shape index (κ3) is 11.0. The molecule has 108 valence electrons. The number of amides is 1. The van der Waals surface area contributed by atoms with Crippen LogP contribution in [-0.4, -0.2) is 63.1 Å². The van der Waals surface area contributed by atoms with E-state index in [9.17, 15) is 14.4 Å². The summed E-state index contributed by atoms with van der Waals surface area (Å²) in [7, 11) is 3.72. The number of likely N-dealkylation sites (N-methyl/N-ethyl adjacent to an activating group) is 1. The highest BCUT2D eigenvalue weighted by atomic mass is 16.5. The molecule has 0 spiro atoms. The van der Waals surface area contributed by atoms with E-state index in [2.05, 4.69) is 16.6 Å². The molecule has 0 atom stereocenters. The van der Waals surface area contributed by atoms with Crippen molar-refractivity contribution in [3.8, 4) is 0 Å². The zero-order valence-electron chi connectivity index (χ0n) is 11.3. The van der Waals surface area contributed by atoms with Crippen LogP contribution < -0.4 is 5.32 Å². The summed E-state index contributed by atoms with van der Waals surface area (Å²) in [5.74, 6) is -1.48. The fourth-order valence-electron chi connectivity index (χ4n) is 0.955. The maximum Gasteiger partial charge on any atom is 0.330 e. The molecule has 0 bridgehead atoms. The number of nitrogens with zero attached hydrogens (tertiary/aromatic N) is 1. The Balaban J connectivity index is 3.58. The molecule has 0 radical (unpaired) electrons. The summed E-state index contributed by atoms with van der Waals surface area (Å²) in [5, 5.41) is 2.37. The topological polar surface area (TPSA) is 84.9 Å². The fourth-order valence-corrected chi connectivity index (χ4v) is 0.955. The van der Waals surface area contributed by atoms with Crippen LogP contribution in [0, 0.1) is 0 Å². The molecule has 7 nitrogen and oxygen atoms in total. The summed E-state index contributed by atoms with van der Waals surface area (Å²) >= 11 is 0. The van der Waals surface area contributed by atoms with Crippen LogP contribution in [0.3, 0.4) is 0 Å². The number of esters is 2. The Hall–Kier alpha value is -1.89. The third-order valence-electron chi connectivity index (χ3n) is 1.97. The van der Waals surface area contributed by atoms with Crippen LogP contribution >= 0.6 is 0 Å². The molecular formula is C12H20N2O5. The third-order valence-corrected chi connectivity index (χ3v) is 1.97. The maximum atomic E-state index is 11.3. The molecule has 0 heterocycles. The van der Waals surface area contributed by atoms with Crippen LogP contribution in [0.25, 0.3) is 0 Å². The molecule has 0 aromatic carbocycles. The standard InChI is InChI=1S/C12H20N2O5/c1-4-11(16)18-7-5-10(15)13-9-12(17)19-8-6-14(2)3/h4H,1,5-9H2,2-3H3,(H,13,15). The highest BCUT2D eigenvalue weighted by molar-refractivity contribution is 5.83. The normalized spacial score (nSPS) is 9.84. The molecule has 1 N–H and O–H groups in total. The van der Waals surface area contributed by atoms with E-state index in [4.69, 9.17) is 4.74 Å². The molecule has 0 aliphatic rings. The number of hydrogen-bond acceptors (Lipinski definition) is 6. The number of hydrogen-bond donors (Lipinski definition) is 1. The summed E-state index contributed by atoms with van der Waals surface area (Å²) in [6.07, 6.45) is 1.00. The zero-order valence-corrected chi connectivity index (χ0v) is 11.3. The fraction of sp³-hybridized carbons (Fsp3) is 0.583. The van der Waals surface area contributed by atoms with E-state index in [0.29, 0.717) is 6.54 Å². The lowest BCUT2D eigenvalue weighted by molar-refractivity contribution is -0.145. The van der Waals surface area contributed by atoms with Gasteiger partial charge in [-0.1, -0.05) is 6.58 Å². The van der Waals surface area contributed by atoms with Crippen molar-refractivity contribution in [1.29, 1.82) is 0 Å². The van der Waals surface area contributed by atoms with Crippen LogP contribution in [0.4, 0.5) is 0 Å². The molecule has 0 fully saturated rings. The highest BCUT2D eigenvalue weighted by Gasteiger charge is 2.07. The Morgan fingerprint density at radius 3 is 2.47 bits per heavy atom.